The van der Waals surface area contributed by atoms with E-state index in [9.17, 15) is 0 Å². The first-order chi connectivity index (χ1) is 10.1. The molecule has 2 heterocycles. The van der Waals surface area contributed by atoms with Crippen molar-refractivity contribution in [2.24, 2.45) is 4.99 Å². The molecule has 2 saturated heterocycles. The Bertz CT molecular complexity index is 345. The van der Waals surface area contributed by atoms with Crippen LogP contribution in [0.4, 0.5) is 0 Å². The molecule has 6 heteroatoms. The number of hydrogen-bond acceptors (Lipinski definition) is 3. The molecule has 0 amide bonds. The van der Waals surface area contributed by atoms with Crippen LogP contribution in [-0.2, 0) is 0 Å². The molecule has 2 rings (SSSR count). The van der Waals surface area contributed by atoms with Gasteiger partial charge >= 0.3 is 0 Å². The molecule has 4 nitrogen and oxygen atoms in total. The summed E-state index contributed by atoms with van der Waals surface area (Å²) in [6.07, 6.45) is 6.76. The summed E-state index contributed by atoms with van der Waals surface area (Å²) in [5, 5.41) is 6.97. The van der Waals surface area contributed by atoms with Crippen molar-refractivity contribution in [3.63, 3.8) is 0 Å². The largest absolute Gasteiger partial charge is 0.355 e. The summed E-state index contributed by atoms with van der Waals surface area (Å²) in [6, 6.07) is 0.740. The number of nitrogens with one attached hydrogen (secondary N) is 2. The van der Waals surface area contributed by atoms with E-state index in [2.05, 4.69) is 46.1 Å². The number of nitrogens with zero attached hydrogens (tertiary/aromatic N) is 2. The number of piperidine rings is 1. The van der Waals surface area contributed by atoms with Crippen LogP contribution in [0.1, 0.15) is 46.0 Å². The van der Waals surface area contributed by atoms with Gasteiger partial charge < -0.3 is 10.6 Å². The van der Waals surface area contributed by atoms with Crippen LogP contribution in [0, 0.1) is 0 Å². The molecule has 2 N–H and O–H groups in total. The van der Waals surface area contributed by atoms with Crippen molar-refractivity contribution in [2.45, 2.75) is 56.7 Å². The highest BCUT2D eigenvalue weighted by molar-refractivity contribution is 14.0. The minimum Gasteiger partial charge on any atom is -0.355 e. The SMILES string of the molecule is CN=C(NCCN1CCCCC1C)NCC1(C)CCCS1.I. The Balaban J connectivity index is 0.00000242. The van der Waals surface area contributed by atoms with Gasteiger partial charge in [0.2, 0.25) is 0 Å². The van der Waals surface area contributed by atoms with Gasteiger partial charge in [-0.25, -0.2) is 0 Å². The van der Waals surface area contributed by atoms with Gasteiger partial charge in [0.25, 0.3) is 0 Å². The Morgan fingerprint density at radius 2 is 2.14 bits per heavy atom. The summed E-state index contributed by atoms with van der Waals surface area (Å²) in [5.41, 5.74) is 0. The normalized spacial score (nSPS) is 30.0. The van der Waals surface area contributed by atoms with Crippen LogP contribution in [0.2, 0.25) is 0 Å². The molecule has 2 atom stereocenters. The van der Waals surface area contributed by atoms with E-state index in [0.717, 1.165) is 31.6 Å². The van der Waals surface area contributed by atoms with Crippen LogP contribution in [0.25, 0.3) is 0 Å². The van der Waals surface area contributed by atoms with Crippen molar-refractivity contribution >= 4 is 41.7 Å². The highest BCUT2D eigenvalue weighted by atomic mass is 127. The van der Waals surface area contributed by atoms with Crippen molar-refractivity contribution in [3.8, 4) is 0 Å². The molecule has 0 aromatic rings. The maximum Gasteiger partial charge on any atom is 0.191 e. The molecule has 0 aromatic heterocycles. The second-order valence-electron chi connectivity index (χ2n) is 6.64. The number of hydrogen-bond donors (Lipinski definition) is 2. The van der Waals surface area contributed by atoms with Gasteiger partial charge in [0.05, 0.1) is 0 Å². The van der Waals surface area contributed by atoms with Gasteiger partial charge in [0.15, 0.2) is 5.96 Å². The number of likely N-dealkylation sites (tertiary alicyclic amines) is 1. The monoisotopic (exact) mass is 440 g/mol. The van der Waals surface area contributed by atoms with E-state index in [0.29, 0.717) is 4.75 Å². The second kappa shape index (κ2) is 10.2. The standard InChI is InChI=1S/C16H32N4S.HI/c1-14-7-4-5-10-20(14)11-9-18-15(17-3)19-13-16(2)8-6-12-21-16;/h14H,4-13H2,1-3H3,(H2,17,18,19);1H. The fraction of sp³-hybridized carbons (Fsp3) is 0.938. The molecule has 130 valence electrons. The quantitative estimate of drug-likeness (QED) is 0.392. The predicted octanol–water partition coefficient (Wildman–Crippen LogP) is 2.93. The molecule has 0 aliphatic carbocycles. The van der Waals surface area contributed by atoms with Crippen LogP contribution < -0.4 is 10.6 Å². The summed E-state index contributed by atoms with van der Waals surface area (Å²) in [5.74, 6) is 2.25. The van der Waals surface area contributed by atoms with E-state index in [1.165, 1.54) is 44.4 Å². The summed E-state index contributed by atoms with van der Waals surface area (Å²) in [7, 11) is 1.86. The summed E-state index contributed by atoms with van der Waals surface area (Å²) >= 11 is 2.09. The Morgan fingerprint density at radius 1 is 1.32 bits per heavy atom. The molecular weight excluding hydrogens is 407 g/mol. The first-order valence-corrected chi connectivity index (χ1v) is 9.44. The third-order valence-corrected chi connectivity index (χ3v) is 6.32. The highest BCUT2D eigenvalue weighted by Gasteiger charge is 2.29. The molecule has 2 fully saturated rings. The Morgan fingerprint density at radius 3 is 2.77 bits per heavy atom. The molecule has 22 heavy (non-hydrogen) atoms. The average Bonchev–Trinajstić information content (AvgIpc) is 2.91. The van der Waals surface area contributed by atoms with E-state index in [1.807, 2.05) is 7.05 Å². The van der Waals surface area contributed by atoms with E-state index in [4.69, 9.17) is 0 Å². The van der Waals surface area contributed by atoms with Crippen molar-refractivity contribution in [1.82, 2.24) is 15.5 Å². The Hall–Kier alpha value is 0.310. The lowest BCUT2D eigenvalue weighted by Gasteiger charge is -2.33. The first kappa shape index (κ1) is 20.4. The van der Waals surface area contributed by atoms with Crippen LogP contribution in [0.15, 0.2) is 4.99 Å². The lowest BCUT2D eigenvalue weighted by Crippen LogP contribution is -2.47. The average molecular weight is 440 g/mol. The molecule has 2 aliphatic heterocycles. The summed E-state index contributed by atoms with van der Waals surface area (Å²) in [4.78, 5) is 6.94. The van der Waals surface area contributed by atoms with Crippen LogP contribution >= 0.6 is 35.7 Å². The lowest BCUT2D eigenvalue weighted by molar-refractivity contribution is 0.163. The summed E-state index contributed by atoms with van der Waals surface area (Å²) in [6.45, 7) is 9.08. The minimum absolute atomic E-state index is 0. The molecule has 0 radical (unpaired) electrons. The zero-order valence-electron chi connectivity index (χ0n) is 14.4. The number of guanidine groups is 1. The van der Waals surface area contributed by atoms with Crippen LogP contribution in [0.3, 0.4) is 0 Å². The van der Waals surface area contributed by atoms with Crippen LogP contribution in [-0.4, -0.2) is 60.6 Å². The van der Waals surface area contributed by atoms with Crippen molar-refractivity contribution in [1.29, 1.82) is 0 Å². The molecule has 0 aromatic carbocycles. The topological polar surface area (TPSA) is 39.7 Å². The number of halogens is 1. The molecule has 0 bridgehead atoms. The van der Waals surface area contributed by atoms with Gasteiger partial charge in [-0.3, -0.25) is 9.89 Å². The van der Waals surface area contributed by atoms with E-state index in [-0.39, 0.29) is 24.0 Å². The Kier molecular flexibility index (Phi) is 9.47. The van der Waals surface area contributed by atoms with E-state index < -0.39 is 0 Å². The fourth-order valence-corrected chi connectivity index (χ4v) is 4.52. The van der Waals surface area contributed by atoms with Crippen molar-refractivity contribution in [2.75, 3.05) is 39.0 Å². The van der Waals surface area contributed by atoms with Gasteiger partial charge in [-0.05, 0) is 51.8 Å². The van der Waals surface area contributed by atoms with E-state index >= 15 is 0 Å². The number of rotatable bonds is 5. The minimum atomic E-state index is 0. The highest BCUT2D eigenvalue weighted by Crippen LogP contribution is 2.36. The molecule has 0 spiro atoms. The fourth-order valence-electron chi connectivity index (χ4n) is 3.28. The van der Waals surface area contributed by atoms with Gasteiger partial charge in [0, 0.05) is 37.5 Å². The zero-order chi connectivity index (χ0) is 15.1. The second-order valence-corrected chi connectivity index (χ2v) is 8.32. The molecule has 2 unspecified atom stereocenters. The smallest absolute Gasteiger partial charge is 0.191 e. The number of aliphatic imine (C=N–C) groups is 1. The maximum atomic E-state index is 4.35. The van der Waals surface area contributed by atoms with Gasteiger partial charge in [-0.1, -0.05) is 6.42 Å². The zero-order valence-corrected chi connectivity index (χ0v) is 17.5. The summed E-state index contributed by atoms with van der Waals surface area (Å²) < 4.78 is 0.388. The third-order valence-electron chi connectivity index (χ3n) is 4.79. The van der Waals surface area contributed by atoms with Gasteiger partial charge in [-0.15, -0.1) is 24.0 Å². The first-order valence-electron chi connectivity index (χ1n) is 8.45. The molecule has 0 saturated carbocycles. The van der Waals surface area contributed by atoms with Crippen molar-refractivity contribution < 1.29 is 0 Å². The number of thioether (sulfide) groups is 1. The lowest BCUT2D eigenvalue weighted by atomic mass is 10.0. The molecular formula is C16H33IN4S. The van der Waals surface area contributed by atoms with Gasteiger partial charge in [0.1, 0.15) is 0 Å². The molecule has 2 aliphatic rings. The van der Waals surface area contributed by atoms with Crippen LogP contribution in [0.5, 0.6) is 0 Å². The van der Waals surface area contributed by atoms with Gasteiger partial charge in [-0.2, -0.15) is 11.8 Å². The van der Waals surface area contributed by atoms with E-state index in [1.54, 1.807) is 0 Å². The maximum absolute atomic E-state index is 4.35. The Labute approximate surface area is 157 Å². The predicted molar refractivity (Wildman–Crippen MR) is 110 cm³/mol. The van der Waals surface area contributed by atoms with Crippen molar-refractivity contribution in [3.05, 3.63) is 0 Å². The third kappa shape index (κ3) is 6.43.